The Morgan fingerprint density at radius 1 is 1.44 bits per heavy atom. The summed E-state index contributed by atoms with van der Waals surface area (Å²) in [4.78, 5) is 17.8. The molecule has 1 aliphatic heterocycles. The van der Waals surface area contributed by atoms with E-state index in [0.29, 0.717) is 6.54 Å². The van der Waals surface area contributed by atoms with Crippen LogP contribution in [0.1, 0.15) is 10.4 Å². The van der Waals surface area contributed by atoms with Gasteiger partial charge in [-0.3, -0.25) is 9.79 Å². The van der Waals surface area contributed by atoms with E-state index in [9.17, 15) is 4.79 Å². The van der Waals surface area contributed by atoms with Crippen molar-refractivity contribution < 1.29 is 4.79 Å². The smallest absolute Gasteiger partial charge is 0.176 e. The number of hydrogen-bond acceptors (Lipinski definition) is 4. The van der Waals surface area contributed by atoms with Gasteiger partial charge in [-0.25, -0.2) is 0 Å². The molecule has 4 nitrogen and oxygen atoms in total. The third kappa shape index (κ3) is 2.28. The quantitative estimate of drug-likeness (QED) is 0.763. The highest BCUT2D eigenvalue weighted by Crippen LogP contribution is 2.15. The summed E-state index contributed by atoms with van der Waals surface area (Å²) in [6.45, 7) is 2.15. The zero-order valence-corrected chi connectivity index (χ0v) is 9.31. The largest absolute Gasteiger partial charge is 0.331 e. The highest BCUT2D eigenvalue weighted by Gasteiger charge is 2.09. The van der Waals surface area contributed by atoms with Gasteiger partial charge in [0.15, 0.2) is 5.78 Å². The summed E-state index contributed by atoms with van der Waals surface area (Å²) in [5.74, 6) is 0.115. The van der Waals surface area contributed by atoms with Crippen LogP contribution in [0.2, 0.25) is 0 Å². The van der Waals surface area contributed by atoms with Crippen molar-refractivity contribution in [2.45, 2.75) is 0 Å². The summed E-state index contributed by atoms with van der Waals surface area (Å²) in [5.41, 5.74) is 1.83. The summed E-state index contributed by atoms with van der Waals surface area (Å²) in [6.07, 6.45) is 1.84. The Hall–Kier alpha value is -1.68. The van der Waals surface area contributed by atoms with Gasteiger partial charge >= 0.3 is 0 Å². The predicted molar refractivity (Wildman–Crippen MR) is 65.4 cm³/mol. The second-order valence-electron chi connectivity index (χ2n) is 3.72. The van der Waals surface area contributed by atoms with Crippen molar-refractivity contribution >= 4 is 17.8 Å². The Labute approximate surface area is 95.0 Å². The molecule has 0 spiro atoms. The van der Waals surface area contributed by atoms with Gasteiger partial charge < -0.3 is 10.2 Å². The summed E-state index contributed by atoms with van der Waals surface area (Å²) >= 11 is 0. The van der Waals surface area contributed by atoms with Crippen LogP contribution in [-0.4, -0.2) is 38.8 Å². The molecule has 84 valence electrons. The molecule has 4 heteroatoms. The number of nitrogens with zero attached hydrogens (tertiary/aromatic N) is 2. The first kappa shape index (κ1) is 10.8. The standard InChI is InChI=1S/C12H15N3O/c1-13-8-12(16)10-2-4-11(5-3-10)15-7-6-14-9-15/h2-5,9,13H,6-8H2,1H3. The molecule has 0 saturated carbocycles. The number of carbonyl (C=O) groups excluding carboxylic acids is 1. The SMILES string of the molecule is CNCC(=O)c1ccc(N2C=NCC2)cc1. The molecule has 0 bridgehead atoms. The predicted octanol–water partition coefficient (Wildman–Crippen LogP) is 0.937. The maximum atomic E-state index is 11.6. The Bertz CT molecular complexity index is 397. The van der Waals surface area contributed by atoms with Crippen LogP contribution in [0.4, 0.5) is 5.69 Å². The van der Waals surface area contributed by atoms with Gasteiger partial charge in [0.25, 0.3) is 0 Å². The number of aliphatic imine (C=N–C) groups is 1. The van der Waals surface area contributed by atoms with E-state index in [2.05, 4.69) is 15.2 Å². The minimum absolute atomic E-state index is 0.115. The summed E-state index contributed by atoms with van der Waals surface area (Å²) in [7, 11) is 1.77. The zero-order chi connectivity index (χ0) is 11.4. The first-order chi connectivity index (χ1) is 7.81. The van der Waals surface area contributed by atoms with Crippen LogP contribution in [0.3, 0.4) is 0 Å². The molecule has 0 unspecified atom stereocenters. The van der Waals surface area contributed by atoms with E-state index in [1.807, 2.05) is 30.6 Å². The molecule has 0 amide bonds. The number of benzene rings is 1. The number of nitrogens with one attached hydrogen (secondary N) is 1. The van der Waals surface area contributed by atoms with Crippen LogP contribution in [0.15, 0.2) is 29.3 Å². The third-order valence-electron chi connectivity index (χ3n) is 2.55. The Balaban J connectivity index is 2.09. The molecule has 0 saturated heterocycles. The van der Waals surface area contributed by atoms with Crippen LogP contribution < -0.4 is 10.2 Å². The Morgan fingerprint density at radius 2 is 2.19 bits per heavy atom. The molecule has 0 aliphatic carbocycles. The number of likely N-dealkylation sites (N-methyl/N-ethyl adjacent to an activating group) is 1. The van der Waals surface area contributed by atoms with E-state index in [0.717, 1.165) is 24.3 Å². The minimum atomic E-state index is 0.115. The average molecular weight is 217 g/mol. The third-order valence-corrected chi connectivity index (χ3v) is 2.55. The van der Waals surface area contributed by atoms with Gasteiger partial charge in [0, 0.05) is 17.8 Å². The number of Topliss-reactive ketones (excluding diaryl/α,β-unsaturated/α-hetero) is 1. The Morgan fingerprint density at radius 3 is 2.75 bits per heavy atom. The Kier molecular flexibility index (Phi) is 3.31. The summed E-state index contributed by atoms with van der Waals surface area (Å²) < 4.78 is 0. The van der Waals surface area contributed by atoms with E-state index in [4.69, 9.17) is 0 Å². The molecule has 16 heavy (non-hydrogen) atoms. The highest BCUT2D eigenvalue weighted by atomic mass is 16.1. The molecule has 1 aromatic carbocycles. The lowest BCUT2D eigenvalue weighted by Crippen LogP contribution is -2.20. The van der Waals surface area contributed by atoms with E-state index in [1.165, 1.54) is 0 Å². The van der Waals surface area contributed by atoms with Crippen molar-refractivity contribution in [3.05, 3.63) is 29.8 Å². The zero-order valence-electron chi connectivity index (χ0n) is 9.31. The molecule has 0 atom stereocenters. The van der Waals surface area contributed by atoms with Crippen molar-refractivity contribution in [3.8, 4) is 0 Å². The van der Waals surface area contributed by atoms with Crippen LogP contribution >= 0.6 is 0 Å². The molecule has 1 N–H and O–H groups in total. The van der Waals surface area contributed by atoms with Crippen molar-refractivity contribution in [2.24, 2.45) is 4.99 Å². The van der Waals surface area contributed by atoms with E-state index in [-0.39, 0.29) is 5.78 Å². The van der Waals surface area contributed by atoms with Gasteiger partial charge in [0.2, 0.25) is 0 Å². The summed E-state index contributed by atoms with van der Waals surface area (Å²) in [6, 6.07) is 7.64. The fourth-order valence-electron chi connectivity index (χ4n) is 1.68. The monoisotopic (exact) mass is 217 g/mol. The molecule has 0 aromatic heterocycles. The first-order valence-electron chi connectivity index (χ1n) is 5.36. The summed E-state index contributed by atoms with van der Waals surface area (Å²) in [5, 5.41) is 2.85. The van der Waals surface area contributed by atoms with Gasteiger partial charge in [-0.05, 0) is 31.3 Å². The lowest BCUT2D eigenvalue weighted by atomic mass is 10.1. The van der Waals surface area contributed by atoms with Crippen LogP contribution in [0, 0.1) is 0 Å². The lowest BCUT2D eigenvalue weighted by Gasteiger charge is -2.13. The average Bonchev–Trinajstić information content (AvgIpc) is 2.83. The van der Waals surface area contributed by atoms with Gasteiger partial charge in [0.05, 0.1) is 19.4 Å². The second kappa shape index (κ2) is 4.90. The molecule has 2 rings (SSSR count). The van der Waals surface area contributed by atoms with E-state index < -0.39 is 0 Å². The lowest BCUT2D eigenvalue weighted by molar-refractivity contribution is 0.0993. The van der Waals surface area contributed by atoms with E-state index >= 15 is 0 Å². The van der Waals surface area contributed by atoms with Crippen molar-refractivity contribution in [1.29, 1.82) is 0 Å². The molecule has 1 heterocycles. The molecule has 1 aromatic rings. The van der Waals surface area contributed by atoms with E-state index in [1.54, 1.807) is 7.05 Å². The maximum absolute atomic E-state index is 11.6. The highest BCUT2D eigenvalue weighted by molar-refractivity contribution is 5.98. The van der Waals surface area contributed by atoms with Crippen LogP contribution in [-0.2, 0) is 0 Å². The molecule has 1 aliphatic rings. The van der Waals surface area contributed by atoms with Crippen LogP contribution in [0.5, 0.6) is 0 Å². The normalized spacial score (nSPS) is 14.4. The van der Waals surface area contributed by atoms with Crippen molar-refractivity contribution in [3.63, 3.8) is 0 Å². The number of ketones is 1. The van der Waals surface area contributed by atoms with Gasteiger partial charge in [0.1, 0.15) is 0 Å². The molecule has 0 radical (unpaired) electrons. The van der Waals surface area contributed by atoms with Gasteiger partial charge in [-0.1, -0.05) is 0 Å². The van der Waals surface area contributed by atoms with Crippen LogP contribution in [0.25, 0.3) is 0 Å². The molecule has 0 fully saturated rings. The molecular weight excluding hydrogens is 202 g/mol. The molecular formula is C12H15N3O. The number of hydrogen-bond donors (Lipinski definition) is 1. The number of anilines is 1. The topological polar surface area (TPSA) is 44.7 Å². The number of rotatable bonds is 4. The second-order valence-corrected chi connectivity index (χ2v) is 3.72. The fourth-order valence-corrected chi connectivity index (χ4v) is 1.68. The minimum Gasteiger partial charge on any atom is -0.331 e. The van der Waals surface area contributed by atoms with Gasteiger partial charge in [-0.15, -0.1) is 0 Å². The van der Waals surface area contributed by atoms with Crippen molar-refractivity contribution in [1.82, 2.24) is 5.32 Å². The first-order valence-corrected chi connectivity index (χ1v) is 5.36. The fraction of sp³-hybridized carbons (Fsp3) is 0.333. The maximum Gasteiger partial charge on any atom is 0.176 e. The van der Waals surface area contributed by atoms with Crippen molar-refractivity contribution in [2.75, 3.05) is 31.6 Å². The number of carbonyl (C=O) groups is 1. The van der Waals surface area contributed by atoms with Gasteiger partial charge in [-0.2, -0.15) is 0 Å².